The quantitative estimate of drug-likeness (QED) is 0.845. The zero-order valence-corrected chi connectivity index (χ0v) is 16.3. The van der Waals surface area contributed by atoms with Gasteiger partial charge in [0.15, 0.2) is 0 Å². The molecule has 1 fully saturated rings. The molecule has 0 bridgehead atoms. The highest BCUT2D eigenvalue weighted by molar-refractivity contribution is 7.12. The van der Waals surface area contributed by atoms with Crippen molar-refractivity contribution in [3.63, 3.8) is 0 Å². The number of thiophene rings is 1. The lowest BCUT2D eigenvalue weighted by atomic mass is 9.95. The predicted molar refractivity (Wildman–Crippen MR) is 107 cm³/mol. The Labute approximate surface area is 162 Å². The molecule has 0 spiro atoms. The molecule has 0 aliphatic carbocycles. The maximum absolute atomic E-state index is 12.6. The average molecular weight is 385 g/mol. The van der Waals surface area contributed by atoms with Crippen LogP contribution in [0.1, 0.15) is 35.0 Å². The summed E-state index contributed by atoms with van der Waals surface area (Å²) in [7, 11) is 0. The minimum atomic E-state index is -0.126. The standard InChI is InChI=1S/C20H23N3O3S/c1-13-12-16(5-6-17(13)21-14(2)24)22-19(25)15-7-9-23(10-8-15)20(26)18-4-3-11-27-18/h3-6,11-12,15H,7-10H2,1-2H3,(H,21,24)(H,22,25). The van der Waals surface area contributed by atoms with Crippen LogP contribution in [0.25, 0.3) is 0 Å². The van der Waals surface area contributed by atoms with E-state index in [0.29, 0.717) is 31.6 Å². The first-order chi connectivity index (χ1) is 12.9. The molecule has 2 heterocycles. The number of rotatable bonds is 4. The lowest BCUT2D eigenvalue weighted by Crippen LogP contribution is -2.41. The van der Waals surface area contributed by atoms with Gasteiger partial charge in [0, 0.05) is 37.3 Å². The molecule has 1 aromatic heterocycles. The van der Waals surface area contributed by atoms with Crippen LogP contribution in [-0.4, -0.2) is 35.7 Å². The van der Waals surface area contributed by atoms with Crippen molar-refractivity contribution >= 4 is 40.4 Å². The zero-order chi connectivity index (χ0) is 19.4. The Hall–Kier alpha value is -2.67. The van der Waals surface area contributed by atoms with Crippen LogP contribution in [0.2, 0.25) is 0 Å². The fourth-order valence-corrected chi connectivity index (χ4v) is 3.91. The predicted octanol–water partition coefficient (Wildman–Crippen LogP) is 3.51. The molecule has 3 rings (SSSR count). The Balaban J connectivity index is 1.54. The first-order valence-electron chi connectivity index (χ1n) is 8.96. The smallest absolute Gasteiger partial charge is 0.263 e. The van der Waals surface area contributed by atoms with Crippen LogP contribution < -0.4 is 10.6 Å². The van der Waals surface area contributed by atoms with Gasteiger partial charge in [-0.05, 0) is 55.0 Å². The summed E-state index contributed by atoms with van der Waals surface area (Å²) in [5.74, 6) is -0.204. The van der Waals surface area contributed by atoms with Crippen LogP contribution in [0.15, 0.2) is 35.7 Å². The van der Waals surface area contributed by atoms with E-state index in [1.54, 1.807) is 12.1 Å². The monoisotopic (exact) mass is 385 g/mol. The molecule has 7 heteroatoms. The summed E-state index contributed by atoms with van der Waals surface area (Å²) in [6, 6.07) is 9.12. The first-order valence-corrected chi connectivity index (χ1v) is 9.84. The number of carbonyl (C=O) groups excluding carboxylic acids is 3. The third-order valence-electron chi connectivity index (χ3n) is 4.69. The van der Waals surface area contributed by atoms with E-state index in [2.05, 4.69) is 10.6 Å². The molecular weight excluding hydrogens is 362 g/mol. The van der Waals surface area contributed by atoms with Crippen LogP contribution in [0, 0.1) is 12.8 Å². The summed E-state index contributed by atoms with van der Waals surface area (Å²) >= 11 is 1.44. The van der Waals surface area contributed by atoms with E-state index in [0.717, 1.165) is 16.1 Å². The molecule has 1 aromatic carbocycles. The summed E-state index contributed by atoms with van der Waals surface area (Å²) < 4.78 is 0. The van der Waals surface area contributed by atoms with Gasteiger partial charge in [0.1, 0.15) is 0 Å². The molecule has 1 aliphatic rings. The molecule has 1 aliphatic heterocycles. The highest BCUT2D eigenvalue weighted by atomic mass is 32.1. The Kier molecular flexibility index (Phi) is 5.91. The largest absolute Gasteiger partial charge is 0.338 e. The van der Waals surface area contributed by atoms with Crippen molar-refractivity contribution in [2.24, 2.45) is 5.92 Å². The number of hydrogen-bond acceptors (Lipinski definition) is 4. The van der Waals surface area contributed by atoms with Gasteiger partial charge in [0.25, 0.3) is 5.91 Å². The number of anilines is 2. The van der Waals surface area contributed by atoms with Gasteiger partial charge in [0.05, 0.1) is 4.88 Å². The van der Waals surface area contributed by atoms with E-state index in [-0.39, 0.29) is 23.6 Å². The fraction of sp³-hybridized carbons (Fsp3) is 0.350. The third kappa shape index (κ3) is 4.74. The van der Waals surface area contributed by atoms with Crippen molar-refractivity contribution in [2.75, 3.05) is 23.7 Å². The number of benzene rings is 1. The highest BCUT2D eigenvalue weighted by Gasteiger charge is 2.28. The Bertz CT molecular complexity index is 840. The van der Waals surface area contributed by atoms with E-state index in [9.17, 15) is 14.4 Å². The lowest BCUT2D eigenvalue weighted by Gasteiger charge is -2.31. The second-order valence-electron chi connectivity index (χ2n) is 6.74. The molecule has 0 radical (unpaired) electrons. The van der Waals surface area contributed by atoms with E-state index in [1.807, 2.05) is 35.4 Å². The number of nitrogens with one attached hydrogen (secondary N) is 2. The Morgan fingerprint density at radius 3 is 2.44 bits per heavy atom. The van der Waals surface area contributed by atoms with Crippen LogP contribution >= 0.6 is 11.3 Å². The number of nitrogens with zero attached hydrogens (tertiary/aromatic N) is 1. The van der Waals surface area contributed by atoms with Gasteiger partial charge in [-0.15, -0.1) is 11.3 Å². The van der Waals surface area contributed by atoms with Crippen molar-refractivity contribution in [1.82, 2.24) is 4.90 Å². The average Bonchev–Trinajstić information content (AvgIpc) is 3.18. The van der Waals surface area contributed by atoms with Crippen molar-refractivity contribution < 1.29 is 14.4 Å². The molecule has 27 heavy (non-hydrogen) atoms. The summed E-state index contributed by atoms with van der Waals surface area (Å²) in [5, 5.41) is 7.60. The Morgan fingerprint density at radius 1 is 1.11 bits per heavy atom. The molecule has 0 atom stereocenters. The zero-order valence-electron chi connectivity index (χ0n) is 15.5. The van der Waals surface area contributed by atoms with Crippen LogP contribution in [0.4, 0.5) is 11.4 Å². The second-order valence-corrected chi connectivity index (χ2v) is 7.69. The summed E-state index contributed by atoms with van der Waals surface area (Å²) in [6.45, 7) is 4.53. The molecule has 3 amide bonds. The Morgan fingerprint density at radius 2 is 1.85 bits per heavy atom. The maximum atomic E-state index is 12.6. The molecule has 142 valence electrons. The van der Waals surface area contributed by atoms with Crippen molar-refractivity contribution in [3.05, 3.63) is 46.2 Å². The number of amides is 3. The number of likely N-dealkylation sites (tertiary alicyclic amines) is 1. The summed E-state index contributed by atoms with van der Waals surface area (Å²) in [6.07, 6.45) is 1.32. The van der Waals surface area contributed by atoms with Gasteiger partial charge >= 0.3 is 0 Å². The number of aryl methyl sites for hydroxylation is 1. The maximum Gasteiger partial charge on any atom is 0.263 e. The molecule has 6 nitrogen and oxygen atoms in total. The topological polar surface area (TPSA) is 78.5 Å². The van der Waals surface area contributed by atoms with Gasteiger partial charge in [-0.2, -0.15) is 0 Å². The molecule has 2 aromatic rings. The van der Waals surface area contributed by atoms with E-state index < -0.39 is 0 Å². The fourth-order valence-electron chi connectivity index (χ4n) is 3.22. The van der Waals surface area contributed by atoms with E-state index in [1.165, 1.54) is 18.3 Å². The molecule has 0 saturated carbocycles. The van der Waals surface area contributed by atoms with Gasteiger partial charge in [-0.1, -0.05) is 6.07 Å². The minimum absolute atomic E-state index is 0.0232. The molecule has 2 N–H and O–H groups in total. The number of hydrogen-bond donors (Lipinski definition) is 2. The number of piperidine rings is 1. The highest BCUT2D eigenvalue weighted by Crippen LogP contribution is 2.24. The van der Waals surface area contributed by atoms with Gasteiger partial charge < -0.3 is 15.5 Å². The molecule has 1 saturated heterocycles. The minimum Gasteiger partial charge on any atom is -0.338 e. The van der Waals surface area contributed by atoms with E-state index >= 15 is 0 Å². The van der Waals surface area contributed by atoms with Crippen molar-refractivity contribution in [1.29, 1.82) is 0 Å². The van der Waals surface area contributed by atoms with Gasteiger partial charge in [-0.25, -0.2) is 0 Å². The second kappa shape index (κ2) is 8.35. The summed E-state index contributed by atoms with van der Waals surface area (Å²) in [4.78, 5) is 38.7. The normalized spacial score (nSPS) is 14.7. The van der Waals surface area contributed by atoms with Gasteiger partial charge in [0.2, 0.25) is 11.8 Å². The molecule has 0 unspecified atom stereocenters. The lowest BCUT2D eigenvalue weighted by molar-refractivity contribution is -0.121. The summed E-state index contributed by atoms with van der Waals surface area (Å²) in [5.41, 5.74) is 2.34. The molecular formula is C20H23N3O3S. The number of carbonyl (C=O) groups is 3. The van der Waals surface area contributed by atoms with E-state index in [4.69, 9.17) is 0 Å². The first kappa shape index (κ1) is 19.1. The van der Waals surface area contributed by atoms with Crippen molar-refractivity contribution in [3.8, 4) is 0 Å². The SMILES string of the molecule is CC(=O)Nc1ccc(NC(=O)C2CCN(C(=O)c3cccs3)CC2)cc1C. The van der Waals surface area contributed by atoms with Crippen molar-refractivity contribution in [2.45, 2.75) is 26.7 Å². The van der Waals surface area contributed by atoms with Gasteiger partial charge in [-0.3, -0.25) is 14.4 Å². The third-order valence-corrected chi connectivity index (χ3v) is 5.55. The van der Waals surface area contributed by atoms with Crippen LogP contribution in [0.3, 0.4) is 0 Å². The van der Waals surface area contributed by atoms with Crippen LogP contribution in [-0.2, 0) is 9.59 Å². The van der Waals surface area contributed by atoms with Crippen LogP contribution in [0.5, 0.6) is 0 Å².